The molecule has 1 spiro atoms. The number of piperidine rings is 1. The van der Waals surface area contributed by atoms with Gasteiger partial charge in [-0.15, -0.1) is 0 Å². The third kappa shape index (κ3) is 2.38. The molecule has 2 saturated heterocycles. The molecule has 1 aliphatic carbocycles. The molecule has 1 saturated carbocycles. The summed E-state index contributed by atoms with van der Waals surface area (Å²) < 4.78 is 23.4. The molecule has 1 N–H and O–H groups in total. The fourth-order valence-electron chi connectivity index (χ4n) is 4.40. The molecule has 5 nitrogen and oxygen atoms in total. The van der Waals surface area contributed by atoms with Crippen LogP contribution in [0.3, 0.4) is 0 Å². The van der Waals surface area contributed by atoms with Crippen molar-refractivity contribution in [3.8, 4) is 0 Å². The van der Waals surface area contributed by atoms with Gasteiger partial charge in [-0.25, -0.2) is 8.42 Å². The normalized spacial score (nSPS) is 33.3. The number of hydrogen-bond acceptors (Lipinski definition) is 4. The summed E-state index contributed by atoms with van der Waals surface area (Å²) in [5.74, 6) is 0.00574. The number of hydrogen-bond donors (Lipinski definition) is 1. The van der Waals surface area contributed by atoms with E-state index in [4.69, 9.17) is 0 Å². The fraction of sp³-hybridized carbons (Fsp3) is 0.857. The zero-order chi connectivity index (χ0) is 14.4. The molecule has 1 unspecified atom stereocenters. The predicted octanol–water partition coefficient (Wildman–Crippen LogP) is 1.03. The highest BCUT2D eigenvalue weighted by Gasteiger charge is 2.53. The van der Waals surface area contributed by atoms with E-state index in [2.05, 4.69) is 5.32 Å². The van der Waals surface area contributed by atoms with Gasteiger partial charge >= 0.3 is 0 Å². The monoisotopic (exact) mass is 299 g/mol. The van der Waals surface area contributed by atoms with Crippen LogP contribution in [0.4, 0.5) is 0 Å². The van der Waals surface area contributed by atoms with Gasteiger partial charge in [0.25, 0.3) is 0 Å². The van der Waals surface area contributed by atoms with E-state index in [9.17, 15) is 18.0 Å². The Morgan fingerprint density at radius 2 is 1.65 bits per heavy atom. The summed E-state index contributed by atoms with van der Waals surface area (Å²) in [7, 11) is -2.98. The number of nitrogens with one attached hydrogen (secondary N) is 1. The quantitative estimate of drug-likeness (QED) is 0.733. The predicted molar refractivity (Wildman–Crippen MR) is 73.5 cm³/mol. The van der Waals surface area contributed by atoms with Crippen molar-refractivity contribution in [2.24, 2.45) is 17.3 Å². The molecule has 2 amide bonds. The van der Waals surface area contributed by atoms with Crippen LogP contribution in [0.2, 0.25) is 0 Å². The molecular formula is C14H21NO4S. The lowest BCUT2D eigenvalue weighted by atomic mass is 9.61. The average Bonchev–Trinajstić information content (AvgIpc) is 2.86. The van der Waals surface area contributed by atoms with Crippen LogP contribution < -0.4 is 5.32 Å². The largest absolute Gasteiger partial charge is 0.296 e. The van der Waals surface area contributed by atoms with E-state index in [1.54, 1.807) is 0 Å². The molecule has 0 aromatic carbocycles. The number of carbonyl (C=O) groups is 2. The molecule has 0 aromatic heterocycles. The Balaban J connectivity index is 1.91. The van der Waals surface area contributed by atoms with E-state index in [-0.39, 0.29) is 29.2 Å². The minimum atomic E-state index is -2.98. The highest BCUT2D eigenvalue weighted by Crippen LogP contribution is 2.51. The second kappa shape index (κ2) is 4.83. The Bertz CT molecular complexity index is 519. The SMILES string of the molecule is O=C1CC2(CCS(=O)(=O)CC2)C(C2CCCC2)C(=O)N1. The zero-order valence-corrected chi connectivity index (χ0v) is 12.4. The van der Waals surface area contributed by atoms with E-state index in [0.717, 1.165) is 25.7 Å². The molecule has 3 aliphatic rings. The Labute approximate surface area is 119 Å². The molecule has 3 fully saturated rings. The lowest BCUT2D eigenvalue weighted by molar-refractivity contribution is -0.147. The Hall–Kier alpha value is -0.910. The summed E-state index contributed by atoms with van der Waals surface area (Å²) in [6, 6.07) is 0. The van der Waals surface area contributed by atoms with Crippen molar-refractivity contribution in [1.29, 1.82) is 0 Å². The van der Waals surface area contributed by atoms with E-state index in [1.165, 1.54) is 0 Å². The first-order chi connectivity index (χ1) is 9.42. The first-order valence-corrected chi connectivity index (χ1v) is 9.28. The average molecular weight is 299 g/mol. The number of carbonyl (C=O) groups excluding carboxylic acids is 2. The van der Waals surface area contributed by atoms with Crippen LogP contribution in [0.1, 0.15) is 44.9 Å². The number of sulfone groups is 1. The number of amides is 2. The van der Waals surface area contributed by atoms with Gasteiger partial charge in [0.1, 0.15) is 9.84 Å². The van der Waals surface area contributed by atoms with Gasteiger partial charge < -0.3 is 0 Å². The molecule has 0 aromatic rings. The van der Waals surface area contributed by atoms with Crippen LogP contribution in [0.25, 0.3) is 0 Å². The van der Waals surface area contributed by atoms with Gasteiger partial charge in [0.15, 0.2) is 0 Å². The maximum Gasteiger partial charge on any atom is 0.230 e. The molecule has 112 valence electrons. The second-order valence-electron chi connectivity index (χ2n) is 6.63. The van der Waals surface area contributed by atoms with Crippen molar-refractivity contribution >= 4 is 21.7 Å². The minimum absolute atomic E-state index is 0.122. The van der Waals surface area contributed by atoms with E-state index in [0.29, 0.717) is 25.2 Å². The summed E-state index contributed by atoms with van der Waals surface area (Å²) in [4.78, 5) is 24.1. The summed E-state index contributed by atoms with van der Waals surface area (Å²) in [5.41, 5.74) is -0.403. The molecule has 2 heterocycles. The molecule has 0 bridgehead atoms. The van der Waals surface area contributed by atoms with Crippen LogP contribution in [-0.4, -0.2) is 31.7 Å². The van der Waals surface area contributed by atoms with Crippen molar-refractivity contribution < 1.29 is 18.0 Å². The van der Waals surface area contributed by atoms with Gasteiger partial charge in [0, 0.05) is 12.3 Å². The van der Waals surface area contributed by atoms with E-state index in [1.807, 2.05) is 0 Å². The smallest absolute Gasteiger partial charge is 0.230 e. The first kappa shape index (κ1) is 14.0. The van der Waals surface area contributed by atoms with Crippen LogP contribution in [-0.2, 0) is 19.4 Å². The molecular weight excluding hydrogens is 278 g/mol. The second-order valence-corrected chi connectivity index (χ2v) is 8.93. The maximum atomic E-state index is 12.3. The third-order valence-corrected chi connectivity index (χ3v) is 7.06. The summed E-state index contributed by atoms with van der Waals surface area (Å²) >= 11 is 0. The Kier molecular flexibility index (Phi) is 3.39. The van der Waals surface area contributed by atoms with E-state index >= 15 is 0 Å². The van der Waals surface area contributed by atoms with Gasteiger partial charge in [-0.2, -0.15) is 0 Å². The molecule has 2 aliphatic heterocycles. The first-order valence-electron chi connectivity index (χ1n) is 7.46. The Morgan fingerprint density at radius 3 is 2.25 bits per heavy atom. The zero-order valence-electron chi connectivity index (χ0n) is 11.6. The van der Waals surface area contributed by atoms with Crippen molar-refractivity contribution in [3.05, 3.63) is 0 Å². The van der Waals surface area contributed by atoms with Crippen molar-refractivity contribution in [1.82, 2.24) is 5.32 Å². The summed E-state index contributed by atoms with van der Waals surface area (Å²) in [5, 5.41) is 2.47. The number of rotatable bonds is 1. The van der Waals surface area contributed by atoms with Crippen molar-refractivity contribution in [2.75, 3.05) is 11.5 Å². The van der Waals surface area contributed by atoms with Crippen LogP contribution in [0.15, 0.2) is 0 Å². The van der Waals surface area contributed by atoms with Crippen molar-refractivity contribution in [2.45, 2.75) is 44.9 Å². The molecule has 6 heteroatoms. The van der Waals surface area contributed by atoms with Gasteiger partial charge in [-0.1, -0.05) is 12.8 Å². The van der Waals surface area contributed by atoms with Gasteiger partial charge in [0.2, 0.25) is 11.8 Å². The van der Waals surface area contributed by atoms with Crippen LogP contribution in [0, 0.1) is 17.3 Å². The van der Waals surface area contributed by atoms with Gasteiger partial charge in [0.05, 0.1) is 11.5 Å². The topological polar surface area (TPSA) is 80.3 Å². The third-order valence-electron chi connectivity index (χ3n) is 5.41. The van der Waals surface area contributed by atoms with Crippen LogP contribution >= 0.6 is 0 Å². The Morgan fingerprint density at radius 1 is 1.05 bits per heavy atom. The molecule has 20 heavy (non-hydrogen) atoms. The molecule has 1 atom stereocenters. The highest BCUT2D eigenvalue weighted by atomic mass is 32.2. The van der Waals surface area contributed by atoms with Crippen LogP contribution in [0.5, 0.6) is 0 Å². The molecule has 0 radical (unpaired) electrons. The van der Waals surface area contributed by atoms with E-state index < -0.39 is 15.3 Å². The standard InChI is InChI=1S/C14H21NO4S/c16-11-9-14(5-7-20(18,19)8-6-14)12(13(17)15-11)10-3-1-2-4-10/h10,12H,1-9H2,(H,15,16,17). The van der Waals surface area contributed by atoms with Crippen molar-refractivity contribution in [3.63, 3.8) is 0 Å². The lowest BCUT2D eigenvalue weighted by Gasteiger charge is -2.47. The lowest BCUT2D eigenvalue weighted by Crippen LogP contribution is -2.56. The van der Waals surface area contributed by atoms with Gasteiger partial charge in [-0.05, 0) is 37.0 Å². The van der Waals surface area contributed by atoms with Gasteiger partial charge in [-0.3, -0.25) is 14.9 Å². The highest BCUT2D eigenvalue weighted by molar-refractivity contribution is 7.91. The summed E-state index contributed by atoms with van der Waals surface area (Å²) in [6.45, 7) is 0. The number of imide groups is 1. The minimum Gasteiger partial charge on any atom is -0.296 e. The fourth-order valence-corrected chi connectivity index (χ4v) is 6.04. The summed E-state index contributed by atoms with van der Waals surface area (Å²) in [6.07, 6.45) is 5.58. The molecule has 3 rings (SSSR count). The maximum absolute atomic E-state index is 12.3.